The van der Waals surface area contributed by atoms with E-state index in [4.69, 9.17) is 5.73 Å². The molecule has 0 amide bonds. The lowest BCUT2D eigenvalue weighted by atomic mass is 10.1. The van der Waals surface area contributed by atoms with Crippen LogP contribution in [0.5, 0.6) is 0 Å². The van der Waals surface area contributed by atoms with Gasteiger partial charge >= 0.3 is 0 Å². The van der Waals surface area contributed by atoms with Crippen LogP contribution in [0.1, 0.15) is 25.3 Å². The van der Waals surface area contributed by atoms with Crippen LogP contribution >= 0.6 is 22.6 Å². The van der Waals surface area contributed by atoms with E-state index >= 15 is 0 Å². The van der Waals surface area contributed by atoms with E-state index in [-0.39, 0.29) is 0 Å². The molecule has 0 heterocycles. The maximum Gasteiger partial charge on any atom is 0.0452 e. The van der Waals surface area contributed by atoms with Crippen LogP contribution < -0.4 is 5.73 Å². The molecule has 0 atom stereocenters. The molecule has 0 spiro atoms. The van der Waals surface area contributed by atoms with Crippen LogP contribution in [0.15, 0.2) is 18.2 Å². The number of unbranched alkanes of at least 4 members (excludes halogenated alkanes) is 1. The lowest BCUT2D eigenvalue weighted by Gasteiger charge is -2.02. The Morgan fingerprint density at radius 3 is 2.75 bits per heavy atom. The highest BCUT2D eigenvalue weighted by molar-refractivity contribution is 14.1. The van der Waals surface area contributed by atoms with Crippen molar-refractivity contribution >= 4 is 28.3 Å². The fourth-order valence-corrected chi connectivity index (χ4v) is 1.47. The van der Waals surface area contributed by atoms with Gasteiger partial charge in [-0.25, -0.2) is 0 Å². The summed E-state index contributed by atoms with van der Waals surface area (Å²) in [6, 6.07) is 6.33. The van der Waals surface area contributed by atoms with E-state index in [0.29, 0.717) is 0 Å². The molecule has 0 radical (unpaired) electrons. The summed E-state index contributed by atoms with van der Waals surface area (Å²) in [5.41, 5.74) is 8.05. The van der Waals surface area contributed by atoms with Crippen molar-refractivity contribution < 1.29 is 0 Å². The van der Waals surface area contributed by atoms with Crippen molar-refractivity contribution in [3.63, 3.8) is 0 Å². The molecule has 2 N–H and O–H groups in total. The van der Waals surface area contributed by atoms with Gasteiger partial charge in [0.25, 0.3) is 0 Å². The Balaban J connectivity index is 2.69. The minimum atomic E-state index is 0.907. The molecule has 2 heteroatoms. The molecular formula is C10H14IN. The molecule has 1 nitrogen and oxygen atoms in total. The first-order valence-corrected chi connectivity index (χ1v) is 5.36. The second-order valence-corrected chi connectivity index (χ2v) is 4.12. The molecule has 0 aliphatic carbocycles. The van der Waals surface area contributed by atoms with Gasteiger partial charge in [0.1, 0.15) is 0 Å². The molecule has 0 aliphatic heterocycles. The Bertz CT molecular complexity index is 258. The lowest BCUT2D eigenvalue weighted by Crippen LogP contribution is -1.92. The Labute approximate surface area is 87.5 Å². The highest BCUT2D eigenvalue weighted by Gasteiger charge is 1.96. The summed E-state index contributed by atoms with van der Waals surface area (Å²) in [4.78, 5) is 0. The summed E-state index contributed by atoms with van der Waals surface area (Å²) < 4.78 is 1.15. The second-order valence-electron chi connectivity index (χ2n) is 2.96. The number of aryl methyl sites for hydroxylation is 1. The number of hydrogen-bond acceptors (Lipinski definition) is 1. The van der Waals surface area contributed by atoms with Crippen molar-refractivity contribution in [2.75, 3.05) is 5.73 Å². The number of benzene rings is 1. The molecule has 0 saturated carbocycles. The SMILES string of the molecule is CCCCc1ccc(I)c(N)c1. The van der Waals surface area contributed by atoms with E-state index in [2.05, 4.69) is 47.7 Å². The van der Waals surface area contributed by atoms with E-state index in [1.807, 2.05) is 0 Å². The van der Waals surface area contributed by atoms with Gasteiger partial charge in [0, 0.05) is 9.26 Å². The molecule has 66 valence electrons. The number of rotatable bonds is 3. The van der Waals surface area contributed by atoms with Crippen molar-refractivity contribution in [2.45, 2.75) is 26.2 Å². The van der Waals surface area contributed by atoms with Gasteiger partial charge in [-0.15, -0.1) is 0 Å². The zero-order chi connectivity index (χ0) is 8.97. The Morgan fingerprint density at radius 2 is 2.17 bits per heavy atom. The zero-order valence-electron chi connectivity index (χ0n) is 7.31. The van der Waals surface area contributed by atoms with E-state index in [0.717, 1.165) is 15.7 Å². The van der Waals surface area contributed by atoms with Crippen LogP contribution in [0.4, 0.5) is 5.69 Å². The van der Waals surface area contributed by atoms with Crippen molar-refractivity contribution in [1.29, 1.82) is 0 Å². The summed E-state index contributed by atoms with van der Waals surface area (Å²) in [7, 11) is 0. The Hall–Kier alpha value is -0.250. The third-order valence-electron chi connectivity index (χ3n) is 1.88. The highest BCUT2D eigenvalue weighted by Crippen LogP contribution is 2.17. The monoisotopic (exact) mass is 275 g/mol. The van der Waals surface area contributed by atoms with Crippen molar-refractivity contribution in [2.24, 2.45) is 0 Å². The average molecular weight is 275 g/mol. The number of halogens is 1. The summed E-state index contributed by atoms with van der Waals surface area (Å²) in [6.45, 7) is 2.20. The summed E-state index contributed by atoms with van der Waals surface area (Å²) in [5.74, 6) is 0. The maximum absolute atomic E-state index is 5.78. The minimum absolute atomic E-state index is 0.907. The Kier molecular flexibility index (Phi) is 3.85. The minimum Gasteiger partial charge on any atom is -0.398 e. The molecule has 0 bridgehead atoms. The largest absolute Gasteiger partial charge is 0.398 e. The van der Waals surface area contributed by atoms with Crippen LogP contribution in [0.2, 0.25) is 0 Å². The molecule has 0 unspecified atom stereocenters. The fourth-order valence-electron chi connectivity index (χ4n) is 1.13. The zero-order valence-corrected chi connectivity index (χ0v) is 9.47. The smallest absolute Gasteiger partial charge is 0.0452 e. The number of nitrogen functional groups attached to an aromatic ring is 1. The Morgan fingerprint density at radius 1 is 1.42 bits per heavy atom. The average Bonchev–Trinajstić information content (AvgIpc) is 2.07. The molecule has 1 aromatic rings. The van der Waals surface area contributed by atoms with Crippen molar-refractivity contribution in [3.8, 4) is 0 Å². The van der Waals surface area contributed by atoms with Gasteiger partial charge in [-0.05, 0) is 53.1 Å². The second kappa shape index (κ2) is 4.70. The standard InChI is InChI=1S/C10H14IN/c1-2-3-4-8-5-6-9(11)10(12)7-8/h5-7H,2-4,12H2,1H3. The van der Waals surface area contributed by atoms with Crippen LogP contribution in [0, 0.1) is 3.57 Å². The normalized spacial score (nSPS) is 10.2. The van der Waals surface area contributed by atoms with Crippen LogP contribution in [-0.2, 0) is 6.42 Å². The molecule has 0 aromatic heterocycles. The third kappa shape index (κ3) is 2.66. The summed E-state index contributed by atoms with van der Waals surface area (Å²) >= 11 is 2.25. The lowest BCUT2D eigenvalue weighted by molar-refractivity contribution is 0.795. The van der Waals surface area contributed by atoms with Gasteiger partial charge in [-0.2, -0.15) is 0 Å². The van der Waals surface area contributed by atoms with Gasteiger partial charge in [0.05, 0.1) is 0 Å². The summed E-state index contributed by atoms with van der Waals surface area (Å²) in [5, 5.41) is 0. The van der Waals surface area contributed by atoms with E-state index < -0.39 is 0 Å². The predicted molar refractivity (Wildman–Crippen MR) is 62.2 cm³/mol. The van der Waals surface area contributed by atoms with E-state index in [1.54, 1.807) is 0 Å². The molecule has 0 saturated heterocycles. The van der Waals surface area contributed by atoms with E-state index in [9.17, 15) is 0 Å². The molecule has 12 heavy (non-hydrogen) atoms. The van der Waals surface area contributed by atoms with Crippen molar-refractivity contribution in [3.05, 3.63) is 27.3 Å². The number of anilines is 1. The van der Waals surface area contributed by atoms with Gasteiger partial charge in [0.15, 0.2) is 0 Å². The quantitative estimate of drug-likeness (QED) is 0.665. The first kappa shape index (κ1) is 9.84. The van der Waals surface area contributed by atoms with Crippen LogP contribution in [0.25, 0.3) is 0 Å². The van der Waals surface area contributed by atoms with E-state index in [1.165, 1.54) is 18.4 Å². The van der Waals surface area contributed by atoms with Gasteiger partial charge in [-0.1, -0.05) is 19.4 Å². The van der Waals surface area contributed by atoms with Crippen LogP contribution in [0.3, 0.4) is 0 Å². The van der Waals surface area contributed by atoms with Crippen molar-refractivity contribution in [1.82, 2.24) is 0 Å². The molecule has 1 rings (SSSR count). The molecule has 0 fully saturated rings. The maximum atomic E-state index is 5.78. The number of nitrogens with two attached hydrogens (primary N) is 1. The fraction of sp³-hybridized carbons (Fsp3) is 0.400. The molecule has 1 aromatic carbocycles. The third-order valence-corrected chi connectivity index (χ3v) is 2.86. The topological polar surface area (TPSA) is 26.0 Å². The summed E-state index contributed by atoms with van der Waals surface area (Å²) in [6.07, 6.45) is 3.64. The predicted octanol–water partition coefficient (Wildman–Crippen LogP) is 3.22. The number of hydrogen-bond donors (Lipinski definition) is 1. The highest BCUT2D eigenvalue weighted by atomic mass is 127. The van der Waals surface area contributed by atoms with Gasteiger partial charge in [0.2, 0.25) is 0 Å². The molecule has 0 aliphatic rings. The van der Waals surface area contributed by atoms with Crippen LogP contribution in [-0.4, -0.2) is 0 Å². The van der Waals surface area contributed by atoms with Gasteiger partial charge < -0.3 is 5.73 Å². The van der Waals surface area contributed by atoms with Gasteiger partial charge in [-0.3, -0.25) is 0 Å². The first-order chi connectivity index (χ1) is 5.74. The first-order valence-electron chi connectivity index (χ1n) is 4.28. The molecular weight excluding hydrogens is 261 g/mol.